The number of nitrogens with zero attached hydrogens (tertiary/aromatic N) is 6. The first-order valence-electron chi connectivity index (χ1n) is 11.5. The molecule has 2 aliphatic rings. The molecule has 178 valence electrons. The monoisotopic (exact) mass is 483 g/mol. The van der Waals surface area contributed by atoms with Crippen molar-refractivity contribution in [1.29, 1.82) is 0 Å². The SMILES string of the molecule is CN1CCN(c2cnc3c(C4CCN(C(=O)c5cc(F)c(Cl)cc5N)CC4)ncnc3c2)CC1. The minimum atomic E-state index is -0.649. The normalized spacial score (nSPS) is 18.0. The van der Waals surface area contributed by atoms with Gasteiger partial charge in [0.05, 0.1) is 33.7 Å². The molecule has 0 saturated carbocycles. The van der Waals surface area contributed by atoms with Gasteiger partial charge in [0.1, 0.15) is 17.7 Å². The predicted molar refractivity (Wildman–Crippen MR) is 131 cm³/mol. The van der Waals surface area contributed by atoms with Crippen molar-refractivity contribution < 1.29 is 9.18 Å². The summed E-state index contributed by atoms with van der Waals surface area (Å²) in [5, 5.41) is -0.0910. The van der Waals surface area contributed by atoms with E-state index in [0.717, 1.165) is 67.5 Å². The lowest BCUT2D eigenvalue weighted by Crippen LogP contribution is -2.44. The van der Waals surface area contributed by atoms with Gasteiger partial charge < -0.3 is 20.4 Å². The summed E-state index contributed by atoms with van der Waals surface area (Å²) in [6, 6.07) is 4.49. The first kappa shape index (κ1) is 22.7. The number of hydrogen-bond donors (Lipinski definition) is 1. The van der Waals surface area contributed by atoms with Crippen LogP contribution in [0.5, 0.6) is 0 Å². The highest BCUT2D eigenvalue weighted by atomic mass is 35.5. The van der Waals surface area contributed by atoms with Crippen LogP contribution in [0.3, 0.4) is 0 Å². The number of nitrogens with two attached hydrogens (primary N) is 1. The van der Waals surface area contributed by atoms with E-state index in [9.17, 15) is 9.18 Å². The van der Waals surface area contributed by atoms with E-state index >= 15 is 0 Å². The number of anilines is 2. The number of benzene rings is 1. The van der Waals surface area contributed by atoms with Crippen molar-refractivity contribution >= 4 is 39.9 Å². The van der Waals surface area contributed by atoms with Crippen molar-refractivity contribution in [2.24, 2.45) is 0 Å². The zero-order valence-corrected chi connectivity index (χ0v) is 19.8. The van der Waals surface area contributed by atoms with Crippen LogP contribution in [0.2, 0.25) is 5.02 Å². The van der Waals surface area contributed by atoms with Crippen LogP contribution < -0.4 is 10.6 Å². The summed E-state index contributed by atoms with van der Waals surface area (Å²) >= 11 is 5.77. The van der Waals surface area contributed by atoms with Crippen LogP contribution in [0.4, 0.5) is 15.8 Å². The molecule has 2 fully saturated rings. The highest BCUT2D eigenvalue weighted by Gasteiger charge is 2.28. The summed E-state index contributed by atoms with van der Waals surface area (Å²) in [4.78, 5) is 33.1. The summed E-state index contributed by atoms with van der Waals surface area (Å²) in [6.07, 6.45) is 4.98. The maximum atomic E-state index is 13.9. The molecular formula is C24H27ClFN7O. The summed E-state index contributed by atoms with van der Waals surface area (Å²) in [5.74, 6) is -0.770. The zero-order chi connectivity index (χ0) is 23.8. The Labute approximate surface area is 202 Å². The largest absolute Gasteiger partial charge is 0.398 e. The number of halogens is 2. The Balaban J connectivity index is 1.31. The van der Waals surface area contributed by atoms with Crippen molar-refractivity contribution in [2.45, 2.75) is 18.8 Å². The van der Waals surface area contributed by atoms with E-state index in [2.05, 4.69) is 32.9 Å². The maximum absolute atomic E-state index is 13.9. The van der Waals surface area contributed by atoms with Crippen LogP contribution in [0.1, 0.15) is 34.8 Å². The lowest BCUT2D eigenvalue weighted by Gasteiger charge is -2.34. The Morgan fingerprint density at radius 1 is 1.06 bits per heavy atom. The highest BCUT2D eigenvalue weighted by molar-refractivity contribution is 6.31. The number of piperidine rings is 1. The molecule has 0 aliphatic carbocycles. The topological polar surface area (TPSA) is 91.5 Å². The molecule has 2 N–H and O–H groups in total. The number of carbonyl (C=O) groups is 1. The van der Waals surface area contributed by atoms with Crippen LogP contribution in [-0.4, -0.2) is 77.0 Å². The molecule has 2 saturated heterocycles. The Morgan fingerprint density at radius 3 is 2.53 bits per heavy atom. The highest BCUT2D eigenvalue weighted by Crippen LogP contribution is 2.32. The minimum Gasteiger partial charge on any atom is -0.398 e. The van der Waals surface area contributed by atoms with Gasteiger partial charge in [-0.3, -0.25) is 9.78 Å². The minimum absolute atomic E-state index is 0.0910. The quantitative estimate of drug-likeness (QED) is 0.572. The molecule has 0 unspecified atom stereocenters. The first-order valence-corrected chi connectivity index (χ1v) is 11.9. The third-order valence-electron chi connectivity index (χ3n) is 6.85. The second-order valence-electron chi connectivity index (χ2n) is 9.03. The summed E-state index contributed by atoms with van der Waals surface area (Å²) in [6.45, 7) is 5.04. The Morgan fingerprint density at radius 2 is 1.79 bits per heavy atom. The van der Waals surface area contributed by atoms with Crippen LogP contribution >= 0.6 is 11.6 Å². The molecule has 3 aromatic rings. The molecule has 34 heavy (non-hydrogen) atoms. The smallest absolute Gasteiger partial charge is 0.256 e. The first-order chi connectivity index (χ1) is 16.4. The number of carbonyl (C=O) groups excluding carboxylic acids is 1. The number of piperazine rings is 1. The fourth-order valence-electron chi connectivity index (χ4n) is 4.76. The van der Waals surface area contributed by atoms with E-state index in [1.807, 2.05) is 6.20 Å². The fraction of sp³-hybridized carbons (Fsp3) is 0.417. The van der Waals surface area contributed by atoms with Crippen molar-refractivity contribution in [3.63, 3.8) is 0 Å². The van der Waals surface area contributed by atoms with Gasteiger partial charge in [0.25, 0.3) is 5.91 Å². The van der Waals surface area contributed by atoms with Gasteiger partial charge in [-0.2, -0.15) is 0 Å². The van der Waals surface area contributed by atoms with Gasteiger partial charge in [-0.25, -0.2) is 14.4 Å². The number of likely N-dealkylation sites (tertiary alicyclic amines) is 1. The number of amides is 1. The van der Waals surface area contributed by atoms with Gasteiger partial charge in [0.15, 0.2) is 0 Å². The molecule has 0 radical (unpaired) electrons. The molecular weight excluding hydrogens is 457 g/mol. The number of rotatable bonds is 3. The van der Waals surface area contributed by atoms with Gasteiger partial charge in [-0.15, -0.1) is 0 Å². The summed E-state index contributed by atoms with van der Waals surface area (Å²) in [5.41, 5.74) is 9.90. The fourth-order valence-corrected chi connectivity index (χ4v) is 4.93. The van der Waals surface area contributed by atoms with Gasteiger partial charge in [-0.1, -0.05) is 11.6 Å². The van der Waals surface area contributed by atoms with Crippen LogP contribution in [0.15, 0.2) is 30.7 Å². The number of pyridine rings is 1. The number of aromatic nitrogens is 3. The molecule has 8 nitrogen and oxygen atoms in total. The molecule has 1 amide bonds. The average Bonchev–Trinajstić information content (AvgIpc) is 2.86. The van der Waals surface area contributed by atoms with E-state index in [-0.39, 0.29) is 28.1 Å². The molecule has 2 aromatic heterocycles. The molecule has 10 heteroatoms. The van der Waals surface area contributed by atoms with Crippen LogP contribution in [0, 0.1) is 5.82 Å². The van der Waals surface area contributed by atoms with E-state index in [1.54, 1.807) is 11.2 Å². The lowest BCUT2D eigenvalue weighted by molar-refractivity contribution is 0.0713. The van der Waals surface area contributed by atoms with E-state index < -0.39 is 5.82 Å². The number of hydrogen-bond acceptors (Lipinski definition) is 7. The van der Waals surface area contributed by atoms with Gasteiger partial charge in [-0.05, 0) is 38.1 Å². The molecule has 1 aromatic carbocycles. The maximum Gasteiger partial charge on any atom is 0.256 e. The number of likely N-dealkylation sites (N-methyl/N-ethyl adjacent to an activating group) is 1. The standard InChI is InChI=1S/C24H27ClFN7O/c1-31-6-8-32(9-7-31)16-10-21-23(28-13-16)22(30-14-29-21)15-2-4-33(5-3-15)24(34)17-11-19(26)18(25)12-20(17)27/h10-15H,2-9,27H2,1H3. The van der Waals surface area contributed by atoms with Gasteiger partial charge in [0.2, 0.25) is 0 Å². The van der Waals surface area contributed by atoms with Gasteiger partial charge >= 0.3 is 0 Å². The number of nitrogen functional groups attached to an aromatic ring is 1. The summed E-state index contributed by atoms with van der Waals surface area (Å²) < 4.78 is 13.9. The third kappa shape index (κ3) is 4.37. The van der Waals surface area contributed by atoms with Crippen molar-refractivity contribution in [1.82, 2.24) is 24.8 Å². The van der Waals surface area contributed by atoms with E-state index in [0.29, 0.717) is 13.1 Å². The Kier molecular flexibility index (Phi) is 6.22. The molecule has 0 bridgehead atoms. The number of fused-ring (bicyclic) bond motifs is 1. The molecule has 0 spiro atoms. The lowest BCUT2D eigenvalue weighted by atomic mass is 9.92. The van der Waals surface area contributed by atoms with Crippen LogP contribution in [-0.2, 0) is 0 Å². The van der Waals surface area contributed by atoms with E-state index in [1.165, 1.54) is 6.07 Å². The molecule has 4 heterocycles. The third-order valence-corrected chi connectivity index (χ3v) is 7.14. The summed E-state index contributed by atoms with van der Waals surface area (Å²) in [7, 11) is 2.14. The van der Waals surface area contributed by atoms with Crippen LogP contribution in [0.25, 0.3) is 11.0 Å². The Hall–Kier alpha value is -3.04. The van der Waals surface area contributed by atoms with Crippen molar-refractivity contribution in [2.75, 3.05) is 56.9 Å². The van der Waals surface area contributed by atoms with Crippen molar-refractivity contribution in [3.8, 4) is 0 Å². The second-order valence-corrected chi connectivity index (χ2v) is 9.44. The zero-order valence-electron chi connectivity index (χ0n) is 19.0. The predicted octanol–water partition coefficient (Wildman–Crippen LogP) is 3.17. The molecule has 5 rings (SSSR count). The van der Waals surface area contributed by atoms with Crippen molar-refractivity contribution in [3.05, 3.63) is 52.8 Å². The molecule has 0 atom stereocenters. The van der Waals surface area contributed by atoms with E-state index in [4.69, 9.17) is 22.3 Å². The van der Waals surface area contributed by atoms with Gasteiger partial charge in [0, 0.05) is 50.9 Å². The Bertz CT molecular complexity index is 1220. The second kappa shape index (κ2) is 9.31. The molecule has 2 aliphatic heterocycles. The average molecular weight is 484 g/mol.